The first-order chi connectivity index (χ1) is 7.99. The fourth-order valence-corrected chi connectivity index (χ4v) is 5.09. The van der Waals surface area contributed by atoms with Gasteiger partial charge in [0.2, 0.25) is 5.60 Å². The molecule has 0 aromatic rings. The molecule has 0 fully saturated rings. The minimum Gasteiger partial charge on any atom is -0.394 e. The topological polar surface area (TPSA) is 50.1 Å². The van der Waals surface area contributed by atoms with Crippen LogP contribution in [0.4, 0.5) is 0 Å². The molecule has 0 spiro atoms. The van der Waals surface area contributed by atoms with Crippen LogP contribution in [-0.2, 0) is 9.22 Å². The number of rotatable bonds is 8. The van der Waals surface area contributed by atoms with Gasteiger partial charge >= 0.3 is 0 Å². The molecule has 3 nitrogen and oxygen atoms in total. The van der Waals surface area contributed by atoms with Gasteiger partial charge in [0.1, 0.15) is 6.07 Å². The molecule has 0 aromatic heterocycles. The van der Waals surface area contributed by atoms with Crippen molar-refractivity contribution in [3.63, 3.8) is 0 Å². The standard InChI is InChI=1S/C13H25NO2Si/c1-6-12(15)13(7-2,11-14)16-17(8-3,9-4)10-5/h6-10H2,1-5H3. The number of hydrogen-bond donors (Lipinski definition) is 0. The van der Waals surface area contributed by atoms with E-state index in [2.05, 4.69) is 26.8 Å². The van der Waals surface area contributed by atoms with Gasteiger partial charge in [-0.1, -0.05) is 34.6 Å². The highest BCUT2D eigenvalue weighted by Gasteiger charge is 2.44. The van der Waals surface area contributed by atoms with Crippen molar-refractivity contribution < 1.29 is 9.22 Å². The van der Waals surface area contributed by atoms with Gasteiger partial charge in [0, 0.05) is 6.42 Å². The monoisotopic (exact) mass is 255 g/mol. The summed E-state index contributed by atoms with van der Waals surface area (Å²) in [6.07, 6.45) is 0.813. The molecule has 0 radical (unpaired) electrons. The van der Waals surface area contributed by atoms with Crippen molar-refractivity contribution in [3.8, 4) is 6.07 Å². The molecule has 0 bridgehead atoms. The Morgan fingerprint density at radius 1 is 1.18 bits per heavy atom. The first-order valence-electron chi connectivity index (χ1n) is 6.64. The Balaban J connectivity index is 5.25. The Morgan fingerprint density at radius 3 is 1.88 bits per heavy atom. The Morgan fingerprint density at radius 2 is 1.65 bits per heavy atom. The Hall–Kier alpha value is -0.663. The molecule has 1 atom stereocenters. The van der Waals surface area contributed by atoms with Gasteiger partial charge in [0.25, 0.3) is 0 Å². The van der Waals surface area contributed by atoms with Gasteiger partial charge in [-0.2, -0.15) is 5.26 Å². The molecule has 17 heavy (non-hydrogen) atoms. The van der Waals surface area contributed by atoms with Crippen molar-refractivity contribution in [2.45, 2.75) is 71.2 Å². The van der Waals surface area contributed by atoms with E-state index in [1.54, 1.807) is 6.92 Å². The molecule has 0 N–H and O–H groups in total. The molecule has 0 aliphatic heterocycles. The van der Waals surface area contributed by atoms with Crippen LogP contribution in [0.1, 0.15) is 47.5 Å². The highest BCUT2D eigenvalue weighted by Crippen LogP contribution is 2.30. The zero-order valence-corrected chi connectivity index (χ0v) is 12.8. The molecule has 0 aromatic carbocycles. The second kappa shape index (κ2) is 6.92. The number of carbonyl (C=O) groups is 1. The van der Waals surface area contributed by atoms with Crippen LogP contribution in [0.3, 0.4) is 0 Å². The van der Waals surface area contributed by atoms with Gasteiger partial charge in [0.05, 0.1) is 0 Å². The summed E-state index contributed by atoms with van der Waals surface area (Å²) in [4.78, 5) is 12.0. The average Bonchev–Trinajstić information content (AvgIpc) is 2.41. The summed E-state index contributed by atoms with van der Waals surface area (Å²) in [5, 5.41) is 9.35. The number of Topliss-reactive ketones (excluding diaryl/α,β-unsaturated/α-hetero) is 1. The van der Waals surface area contributed by atoms with Crippen LogP contribution in [0.15, 0.2) is 0 Å². The Kier molecular flexibility index (Phi) is 6.65. The van der Waals surface area contributed by atoms with Crippen molar-refractivity contribution in [1.82, 2.24) is 0 Å². The van der Waals surface area contributed by atoms with E-state index in [1.165, 1.54) is 0 Å². The lowest BCUT2D eigenvalue weighted by molar-refractivity contribution is -0.130. The van der Waals surface area contributed by atoms with E-state index in [0.717, 1.165) is 18.1 Å². The highest BCUT2D eigenvalue weighted by atomic mass is 28.4. The van der Waals surface area contributed by atoms with Crippen LogP contribution in [-0.4, -0.2) is 19.7 Å². The molecule has 1 unspecified atom stereocenters. The maximum absolute atomic E-state index is 12.0. The van der Waals surface area contributed by atoms with Crippen molar-refractivity contribution in [1.29, 1.82) is 5.26 Å². The summed E-state index contributed by atoms with van der Waals surface area (Å²) < 4.78 is 6.15. The molecular weight excluding hydrogens is 230 g/mol. The molecule has 4 heteroatoms. The maximum atomic E-state index is 12.0. The van der Waals surface area contributed by atoms with Crippen LogP contribution in [0.2, 0.25) is 18.1 Å². The molecule has 0 amide bonds. The smallest absolute Gasteiger partial charge is 0.203 e. The molecule has 98 valence electrons. The summed E-state index contributed by atoms with van der Waals surface area (Å²) in [7, 11) is -1.92. The normalized spacial score (nSPS) is 15.1. The van der Waals surface area contributed by atoms with Gasteiger partial charge in [-0.05, 0) is 24.6 Å². The third kappa shape index (κ3) is 3.40. The van der Waals surface area contributed by atoms with Crippen molar-refractivity contribution in [2.24, 2.45) is 0 Å². The Bertz CT molecular complexity index is 286. The van der Waals surface area contributed by atoms with Gasteiger partial charge in [-0.3, -0.25) is 4.79 Å². The van der Waals surface area contributed by atoms with E-state index in [0.29, 0.717) is 12.8 Å². The van der Waals surface area contributed by atoms with E-state index in [4.69, 9.17) is 4.43 Å². The fraction of sp³-hybridized carbons (Fsp3) is 0.846. The summed E-state index contributed by atoms with van der Waals surface area (Å²) in [5.74, 6) is -0.0743. The zero-order chi connectivity index (χ0) is 13.5. The Labute approximate surface area is 106 Å². The fourth-order valence-electron chi connectivity index (χ4n) is 2.11. The van der Waals surface area contributed by atoms with Gasteiger partial charge < -0.3 is 4.43 Å². The quantitative estimate of drug-likeness (QED) is 0.622. The highest BCUT2D eigenvalue weighted by molar-refractivity contribution is 6.73. The minimum atomic E-state index is -1.92. The van der Waals surface area contributed by atoms with E-state index in [9.17, 15) is 10.1 Å². The summed E-state index contributed by atoms with van der Waals surface area (Å²) >= 11 is 0. The van der Waals surface area contributed by atoms with E-state index >= 15 is 0 Å². The van der Waals surface area contributed by atoms with Crippen molar-refractivity contribution in [3.05, 3.63) is 0 Å². The average molecular weight is 255 g/mol. The molecule has 0 saturated carbocycles. The predicted molar refractivity (Wildman–Crippen MR) is 72.2 cm³/mol. The third-order valence-electron chi connectivity index (χ3n) is 3.77. The second-order valence-electron chi connectivity index (χ2n) is 4.41. The largest absolute Gasteiger partial charge is 0.394 e. The van der Waals surface area contributed by atoms with Crippen LogP contribution < -0.4 is 0 Å². The number of carbonyl (C=O) groups excluding carboxylic acids is 1. The first kappa shape index (κ1) is 16.3. The number of ketones is 1. The SMILES string of the molecule is CCC(=O)C(C#N)(CC)O[Si](CC)(CC)CC. The van der Waals surface area contributed by atoms with E-state index in [-0.39, 0.29) is 5.78 Å². The molecule has 0 rings (SSSR count). The number of nitrogens with zero attached hydrogens (tertiary/aromatic N) is 1. The second-order valence-corrected chi connectivity index (χ2v) is 9.11. The minimum absolute atomic E-state index is 0.0743. The summed E-state index contributed by atoms with van der Waals surface area (Å²) in [6.45, 7) is 9.96. The maximum Gasteiger partial charge on any atom is 0.203 e. The lowest BCUT2D eigenvalue weighted by atomic mass is 9.95. The lowest BCUT2D eigenvalue weighted by Crippen LogP contribution is -2.50. The van der Waals surface area contributed by atoms with E-state index in [1.807, 2.05) is 6.92 Å². The molecule has 0 saturated heterocycles. The molecule has 0 aliphatic carbocycles. The third-order valence-corrected chi connectivity index (χ3v) is 8.42. The van der Waals surface area contributed by atoms with Gasteiger partial charge in [0.15, 0.2) is 14.1 Å². The zero-order valence-electron chi connectivity index (χ0n) is 11.8. The van der Waals surface area contributed by atoms with Gasteiger partial charge in [-0.15, -0.1) is 0 Å². The summed E-state index contributed by atoms with van der Waals surface area (Å²) in [6, 6.07) is 5.01. The predicted octanol–water partition coefficient (Wildman–Crippen LogP) is 3.66. The van der Waals surface area contributed by atoms with Crippen LogP contribution in [0.25, 0.3) is 0 Å². The number of nitriles is 1. The molecule has 0 heterocycles. The summed E-state index contributed by atoms with van der Waals surface area (Å²) in [5.41, 5.74) is -1.19. The molecule has 0 aliphatic rings. The van der Waals surface area contributed by atoms with Crippen molar-refractivity contribution in [2.75, 3.05) is 0 Å². The first-order valence-corrected chi connectivity index (χ1v) is 9.17. The van der Waals surface area contributed by atoms with Gasteiger partial charge in [-0.25, -0.2) is 0 Å². The number of hydrogen-bond acceptors (Lipinski definition) is 3. The van der Waals surface area contributed by atoms with Crippen LogP contribution >= 0.6 is 0 Å². The lowest BCUT2D eigenvalue weighted by Gasteiger charge is -2.36. The van der Waals surface area contributed by atoms with Crippen LogP contribution in [0, 0.1) is 11.3 Å². The van der Waals surface area contributed by atoms with Crippen LogP contribution in [0.5, 0.6) is 0 Å². The molecular formula is C13H25NO2Si. The van der Waals surface area contributed by atoms with E-state index < -0.39 is 13.9 Å². The van der Waals surface area contributed by atoms with Crippen molar-refractivity contribution >= 4 is 14.1 Å².